The number of rotatable bonds is 9. The van der Waals surface area contributed by atoms with Gasteiger partial charge in [0.2, 0.25) is 10.0 Å². The zero-order valence-corrected chi connectivity index (χ0v) is 19.5. The van der Waals surface area contributed by atoms with Crippen molar-refractivity contribution in [1.82, 2.24) is 14.7 Å². The number of halogens is 3. The lowest BCUT2D eigenvalue weighted by Crippen LogP contribution is -2.21. The van der Waals surface area contributed by atoms with E-state index in [4.69, 9.17) is 14.2 Å². The van der Waals surface area contributed by atoms with Crippen molar-refractivity contribution in [3.8, 4) is 17.2 Å². The number of nitrogens with zero attached hydrogens (tertiary/aromatic N) is 2. The smallest absolute Gasteiger partial charge is 0.422 e. The van der Waals surface area contributed by atoms with Gasteiger partial charge in [0.15, 0.2) is 18.1 Å². The highest BCUT2D eigenvalue weighted by atomic mass is 32.2. The summed E-state index contributed by atoms with van der Waals surface area (Å²) in [7, 11) is -1.29. The first-order chi connectivity index (χ1) is 15.9. The second kappa shape index (κ2) is 9.89. The first-order valence-electron chi connectivity index (χ1n) is 9.97. The van der Waals surface area contributed by atoms with E-state index in [-0.39, 0.29) is 28.3 Å². The summed E-state index contributed by atoms with van der Waals surface area (Å²) in [6.07, 6.45) is -3.43. The number of sulfonamides is 1. The number of hydrogen-bond acceptors (Lipinski definition) is 8. The molecule has 1 aromatic heterocycles. The maximum absolute atomic E-state index is 12.6. The molecule has 0 radical (unpaired) electrons. The van der Waals surface area contributed by atoms with Crippen molar-refractivity contribution in [3.63, 3.8) is 0 Å². The third-order valence-corrected chi connectivity index (χ3v) is 5.92. The van der Waals surface area contributed by atoms with Crippen LogP contribution >= 0.6 is 0 Å². The molecule has 0 saturated heterocycles. The van der Waals surface area contributed by atoms with Crippen LogP contribution < -0.4 is 24.2 Å². The Morgan fingerprint density at radius 3 is 2.44 bits per heavy atom. The standard InChI is InChI=1S/C21H23F3N4O5S/c1-12(2)33-18-9-15-14(8-17(18)31-4)20(27-11-26-15)28-16-7-13(32-10-21(22,23)24)5-6-19(16)34(29,30)25-3/h5-9,11-12,25H,10H2,1-4H3,(H,26,27,28). The van der Waals surface area contributed by atoms with Crippen molar-refractivity contribution in [1.29, 1.82) is 0 Å². The average molecular weight is 500 g/mol. The summed E-state index contributed by atoms with van der Waals surface area (Å²) in [6, 6.07) is 6.69. The van der Waals surface area contributed by atoms with Gasteiger partial charge in [-0.05, 0) is 39.1 Å². The summed E-state index contributed by atoms with van der Waals surface area (Å²) in [4.78, 5) is 8.18. The topological polar surface area (TPSA) is 112 Å². The predicted octanol–water partition coefficient (Wildman–Crippen LogP) is 4.02. The van der Waals surface area contributed by atoms with E-state index in [0.29, 0.717) is 22.4 Å². The lowest BCUT2D eigenvalue weighted by molar-refractivity contribution is -0.153. The second-order valence-corrected chi connectivity index (χ2v) is 9.16. The molecule has 0 amide bonds. The van der Waals surface area contributed by atoms with Gasteiger partial charge in [0, 0.05) is 17.5 Å². The van der Waals surface area contributed by atoms with E-state index >= 15 is 0 Å². The van der Waals surface area contributed by atoms with Gasteiger partial charge in [0.25, 0.3) is 0 Å². The molecular weight excluding hydrogens is 477 g/mol. The third kappa shape index (κ3) is 5.97. The van der Waals surface area contributed by atoms with Crippen molar-refractivity contribution in [3.05, 3.63) is 36.7 Å². The number of methoxy groups -OCH3 is 1. The molecular formula is C21H23F3N4O5S. The van der Waals surface area contributed by atoms with Crippen molar-refractivity contribution in [2.45, 2.75) is 31.0 Å². The number of alkyl halides is 3. The molecule has 0 fully saturated rings. The van der Waals surface area contributed by atoms with E-state index in [1.807, 2.05) is 13.8 Å². The molecule has 34 heavy (non-hydrogen) atoms. The van der Waals surface area contributed by atoms with Gasteiger partial charge in [-0.3, -0.25) is 0 Å². The molecule has 0 unspecified atom stereocenters. The molecule has 0 spiro atoms. The summed E-state index contributed by atoms with van der Waals surface area (Å²) < 4.78 is 80.9. The molecule has 9 nitrogen and oxygen atoms in total. The van der Waals surface area contributed by atoms with Crippen LogP contribution in [0.2, 0.25) is 0 Å². The Morgan fingerprint density at radius 1 is 1.09 bits per heavy atom. The Balaban J connectivity index is 2.10. The number of nitrogens with one attached hydrogen (secondary N) is 2. The fourth-order valence-corrected chi connectivity index (χ4v) is 3.87. The van der Waals surface area contributed by atoms with E-state index in [0.717, 1.165) is 18.2 Å². The minimum atomic E-state index is -4.56. The van der Waals surface area contributed by atoms with Crippen LogP contribution in [0.3, 0.4) is 0 Å². The van der Waals surface area contributed by atoms with Crippen molar-refractivity contribution >= 4 is 32.4 Å². The highest BCUT2D eigenvalue weighted by Gasteiger charge is 2.29. The molecule has 0 bridgehead atoms. The van der Waals surface area contributed by atoms with Gasteiger partial charge in [-0.2, -0.15) is 13.2 Å². The van der Waals surface area contributed by atoms with Crippen molar-refractivity contribution in [2.24, 2.45) is 0 Å². The van der Waals surface area contributed by atoms with E-state index in [2.05, 4.69) is 20.0 Å². The van der Waals surface area contributed by atoms with Gasteiger partial charge in [-0.1, -0.05) is 0 Å². The van der Waals surface area contributed by atoms with E-state index < -0.39 is 22.8 Å². The highest BCUT2D eigenvalue weighted by Crippen LogP contribution is 2.36. The van der Waals surface area contributed by atoms with Gasteiger partial charge < -0.3 is 19.5 Å². The van der Waals surface area contributed by atoms with Gasteiger partial charge in [0.05, 0.1) is 24.4 Å². The summed E-state index contributed by atoms with van der Waals surface area (Å²) in [6.45, 7) is 2.18. The van der Waals surface area contributed by atoms with Gasteiger partial charge in [-0.15, -0.1) is 0 Å². The maximum atomic E-state index is 12.6. The number of aromatic nitrogens is 2. The number of anilines is 2. The first-order valence-corrected chi connectivity index (χ1v) is 11.5. The molecule has 184 valence electrons. The summed E-state index contributed by atoms with van der Waals surface area (Å²) in [5.41, 5.74) is 0.423. The first kappa shape index (κ1) is 25.3. The quantitative estimate of drug-likeness (QED) is 0.453. The molecule has 1 heterocycles. The van der Waals surface area contributed by atoms with E-state index in [9.17, 15) is 21.6 Å². The molecule has 2 aromatic carbocycles. The molecule has 0 saturated carbocycles. The minimum Gasteiger partial charge on any atom is -0.493 e. The van der Waals surface area contributed by atoms with Crippen LogP contribution in [0.15, 0.2) is 41.6 Å². The Morgan fingerprint density at radius 2 is 1.82 bits per heavy atom. The van der Waals surface area contributed by atoms with Gasteiger partial charge in [-0.25, -0.2) is 23.1 Å². The number of ether oxygens (including phenoxy) is 3. The Bertz CT molecular complexity index is 1280. The number of benzene rings is 2. The van der Waals surface area contributed by atoms with Crippen molar-refractivity contribution in [2.75, 3.05) is 26.1 Å². The van der Waals surface area contributed by atoms with Crippen LogP contribution in [0.5, 0.6) is 17.2 Å². The molecule has 0 atom stereocenters. The Hall–Kier alpha value is -3.32. The summed E-state index contributed by atoms with van der Waals surface area (Å²) in [5.74, 6) is 0.860. The Kier molecular flexibility index (Phi) is 7.36. The molecule has 0 aliphatic rings. The van der Waals surface area contributed by atoms with Crippen LogP contribution in [0.25, 0.3) is 10.9 Å². The summed E-state index contributed by atoms with van der Waals surface area (Å²) >= 11 is 0. The highest BCUT2D eigenvalue weighted by molar-refractivity contribution is 7.89. The monoisotopic (exact) mass is 500 g/mol. The average Bonchev–Trinajstić information content (AvgIpc) is 2.76. The predicted molar refractivity (Wildman–Crippen MR) is 119 cm³/mol. The van der Waals surface area contributed by atoms with Gasteiger partial charge >= 0.3 is 6.18 Å². The van der Waals surface area contributed by atoms with Gasteiger partial charge in [0.1, 0.15) is 22.8 Å². The molecule has 2 N–H and O–H groups in total. The molecule has 0 aliphatic carbocycles. The van der Waals surface area contributed by atoms with Crippen LogP contribution in [0.1, 0.15) is 13.8 Å². The summed E-state index contributed by atoms with van der Waals surface area (Å²) in [5, 5.41) is 3.34. The second-order valence-electron chi connectivity index (χ2n) is 7.30. The Labute approximate surface area is 194 Å². The zero-order valence-electron chi connectivity index (χ0n) is 18.7. The van der Waals surface area contributed by atoms with E-state index in [1.165, 1.54) is 20.5 Å². The maximum Gasteiger partial charge on any atom is 0.422 e. The molecule has 0 aliphatic heterocycles. The van der Waals surface area contributed by atoms with Crippen LogP contribution in [-0.2, 0) is 10.0 Å². The third-order valence-electron chi connectivity index (χ3n) is 4.45. The fourth-order valence-electron chi connectivity index (χ4n) is 3.00. The lowest BCUT2D eigenvalue weighted by Gasteiger charge is -2.17. The minimum absolute atomic E-state index is 0.0458. The fraction of sp³-hybridized carbons (Fsp3) is 0.333. The molecule has 3 aromatic rings. The normalized spacial score (nSPS) is 12.1. The molecule has 3 rings (SSSR count). The van der Waals surface area contributed by atoms with Crippen LogP contribution in [0, 0.1) is 0 Å². The molecule has 13 heteroatoms. The van der Waals surface area contributed by atoms with E-state index in [1.54, 1.807) is 12.1 Å². The number of hydrogen-bond donors (Lipinski definition) is 2. The number of fused-ring (bicyclic) bond motifs is 1. The lowest BCUT2D eigenvalue weighted by atomic mass is 10.2. The SMILES string of the molecule is CNS(=O)(=O)c1ccc(OCC(F)(F)F)cc1Nc1ncnc2cc(OC(C)C)c(OC)cc12. The van der Waals surface area contributed by atoms with Crippen molar-refractivity contribution < 1.29 is 35.8 Å². The van der Waals surface area contributed by atoms with Crippen LogP contribution in [0.4, 0.5) is 24.7 Å². The van der Waals surface area contributed by atoms with Crippen LogP contribution in [-0.4, -0.2) is 51.4 Å². The largest absolute Gasteiger partial charge is 0.493 e. The zero-order chi connectivity index (χ0) is 25.1.